The highest BCUT2D eigenvalue weighted by Crippen LogP contribution is 2.37. The van der Waals surface area contributed by atoms with E-state index in [0.29, 0.717) is 28.3 Å². The molecule has 1 aromatic rings. The molecule has 4 nitrogen and oxygen atoms in total. The van der Waals surface area contributed by atoms with Crippen LogP contribution in [0.15, 0.2) is 0 Å². The monoisotopic (exact) mass is 282 g/mol. The molecule has 1 aliphatic heterocycles. The summed E-state index contributed by atoms with van der Waals surface area (Å²) in [6.45, 7) is 10.7. The van der Waals surface area contributed by atoms with Gasteiger partial charge in [-0.15, -0.1) is 0 Å². The van der Waals surface area contributed by atoms with Crippen molar-refractivity contribution in [1.29, 1.82) is 0 Å². The van der Waals surface area contributed by atoms with Crippen LogP contribution in [0.25, 0.3) is 0 Å². The number of nitrogens with zero attached hydrogens (tertiary/aromatic N) is 2. The lowest BCUT2D eigenvalue weighted by Gasteiger charge is -2.26. The minimum absolute atomic E-state index is 0.301. The first kappa shape index (κ1) is 14.3. The van der Waals surface area contributed by atoms with Gasteiger partial charge in [-0.05, 0) is 24.2 Å². The normalized spacial score (nSPS) is 20.0. The van der Waals surface area contributed by atoms with E-state index in [4.69, 9.17) is 0 Å². The Bertz CT molecular complexity index is 476. The zero-order valence-electron chi connectivity index (χ0n) is 12.1. The Balaban J connectivity index is 2.18. The Morgan fingerprint density at radius 3 is 2.63 bits per heavy atom. The number of hydrogen-bond acceptors (Lipinski definition) is 4. The highest BCUT2D eigenvalue weighted by atomic mass is 32.1. The molecular formula is C14H22N2O2S. The predicted octanol–water partition coefficient (Wildman–Crippen LogP) is 3.28. The molecule has 0 bridgehead atoms. The second-order valence-corrected chi connectivity index (χ2v) is 7.21. The summed E-state index contributed by atoms with van der Waals surface area (Å²) in [4.78, 5) is 18.3. The van der Waals surface area contributed by atoms with Gasteiger partial charge < -0.3 is 10.0 Å². The summed E-state index contributed by atoms with van der Waals surface area (Å²) in [5, 5.41) is 10.1. The number of aromatic carboxylic acids is 1. The van der Waals surface area contributed by atoms with Gasteiger partial charge >= 0.3 is 5.97 Å². The summed E-state index contributed by atoms with van der Waals surface area (Å²) in [5.74, 6) is -0.207. The van der Waals surface area contributed by atoms with Gasteiger partial charge in [0, 0.05) is 13.1 Å². The van der Waals surface area contributed by atoms with Crippen LogP contribution in [0.2, 0.25) is 0 Å². The minimum Gasteiger partial charge on any atom is -0.477 e. The van der Waals surface area contributed by atoms with Gasteiger partial charge in [-0.2, -0.15) is 0 Å². The van der Waals surface area contributed by atoms with Crippen molar-refractivity contribution in [3.05, 3.63) is 10.6 Å². The molecule has 1 fully saturated rings. The third kappa shape index (κ3) is 2.91. The molecule has 2 heterocycles. The number of anilines is 1. The highest BCUT2D eigenvalue weighted by Gasteiger charge is 2.33. The molecule has 19 heavy (non-hydrogen) atoms. The van der Waals surface area contributed by atoms with E-state index in [2.05, 4.69) is 30.7 Å². The van der Waals surface area contributed by atoms with Gasteiger partial charge in [0.05, 0.1) is 5.69 Å². The van der Waals surface area contributed by atoms with Crippen molar-refractivity contribution in [3.8, 4) is 0 Å². The standard InChI is InChI=1S/C14H22N2O2S/c1-5-10-11(12(17)18)19-13(15-10)16-7-6-9(8-16)14(2,3)4/h9H,5-8H2,1-4H3,(H,17,18). The fraction of sp³-hybridized carbons (Fsp3) is 0.714. The van der Waals surface area contributed by atoms with Crippen molar-refractivity contribution >= 4 is 22.4 Å². The summed E-state index contributed by atoms with van der Waals surface area (Å²) < 4.78 is 0. The van der Waals surface area contributed by atoms with E-state index in [1.54, 1.807) is 0 Å². The van der Waals surface area contributed by atoms with Crippen LogP contribution in [0.3, 0.4) is 0 Å². The molecule has 0 radical (unpaired) electrons. The van der Waals surface area contributed by atoms with E-state index in [1.165, 1.54) is 11.3 Å². The van der Waals surface area contributed by atoms with Gasteiger partial charge in [-0.1, -0.05) is 39.0 Å². The fourth-order valence-corrected chi connectivity index (χ4v) is 3.55. The summed E-state index contributed by atoms with van der Waals surface area (Å²) in [6.07, 6.45) is 1.83. The molecular weight excluding hydrogens is 260 g/mol. The molecule has 1 saturated heterocycles. The zero-order chi connectivity index (χ0) is 14.2. The number of carboxylic acids is 1. The number of carboxylic acid groups (broad SMARTS) is 1. The Labute approximate surface area is 118 Å². The molecule has 1 atom stereocenters. The maximum Gasteiger partial charge on any atom is 0.347 e. The van der Waals surface area contributed by atoms with E-state index in [-0.39, 0.29) is 0 Å². The number of aromatic nitrogens is 1. The first-order valence-electron chi connectivity index (χ1n) is 6.81. The molecule has 1 unspecified atom stereocenters. The van der Waals surface area contributed by atoms with Crippen LogP contribution in [0.5, 0.6) is 0 Å². The van der Waals surface area contributed by atoms with Crippen molar-refractivity contribution in [1.82, 2.24) is 4.98 Å². The SMILES string of the molecule is CCc1nc(N2CCC(C(C)(C)C)C2)sc1C(=O)O. The number of carbonyl (C=O) groups is 1. The number of rotatable bonds is 3. The smallest absolute Gasteiger partial charge is 0.347 e. The van der Waals surface area contributed by atoms with Gasteiger partial charge in [0.2, 0.25) is 0 Å². The molecule has 0 aromatic carbocycles. The van der Waals surface area contributed by atoms with Gasteiger partial charge in [-0.25, -0.2) is 9.78 Å². The lowest BCUT2D eigenvalue weighted by atomic mass is 9.80. The minimum atomic E-state index is -0.854. The van der Waals surface area contributed by atoms with Crippen LogP contribution in [0.4, 0.5) is 5.13 Å². The first-order valence-corrected chi connectivity index (χ1v) is 7.62. The Hall–Kier alpha value is -1.10. The third-order valence-corrected chi connectivity index (χ3v) is 5.05. The summed E-state index contributed by atoms with van der Waals surface area (Å²) in [7, 11) is 0. The van der Waals surface area contributed by atoms with Crippen molar-refractivity contribution in [2.45, 2.75) is 40.5 Å². The van der Waals surface area contributed by atoms with Crippen LogP contribution in [0, 0.1) is 11.3 Å². The van der Waals surface area contributed by atoms with Crippen LogP contribution in [-0.2, 0) is 6.42 Å². The van der Waals surface area contributed by atoms with E-state index < -0.39 is 5.97 Å². The second kappa shape index (κ2) is 5.12. The molecule has 0 saturated carbocycles. The van der Waals surface area contributed by atoms with Crippen molar-refractivity contribution in [3.63, 3.8) is 0 Å². The van der Waals surface area contributed by atoms with Crippen LogP contribution < -0.4 is 4.90 Å². The van der Waals surface area contributed by atoms with E-state index in [1.807, 2.05) is 6.92 Å². The topological polar surface area (TPSA) is 53.4 Å². The van der Waals surface area contributed by atoms with Gasteiger partial charge in [0.15, 0.2) is 5.13 Å². The van der Waals surface area contributed by atoms with Crippen LogP contribution in [-0.4, -0.2) is 29.1 Å². The fourth-order valence-electron chi connectivity index (χ4n) is 2.52. The van der Waals surface area contributed by atoms with E-state index >= 15 is 0 Å². The quantitative estimate of drug-likeness (QED) is 0.924. The van der Waals surface area contributed by atoms with E-state index in [9.17, 15) is 9.90 Å². The molecule has 2 rings (SSSR count). The highest BCUT2D eigenvalue weighted by molar-refractivity contribution is 7.17. The maximum atomic E-state index is 11.2. The van der Waals surface area contributed by atoms with Gasteiger partial charge in [0.1, 0.15) is 4.88 Å². The predicted molar refractivity (Wildman–Crippen MR) is 78.2 cm³/mol. The molecule has 0 aliphatic carbocycles. The second-order valence-electron chi connectivity index (χ2n) is 6.23. The van der Waals surface area contributed by atoms with Crippen molar-refractivity contribution in [2.24, 2.45) is 11.3 Å². The van der Waals surface area contributed by atoms with Crippen LogP contribution >= 0.6 is 11.3 Å². The lowest BCUT2D eigenvalue weighted by Crippen LogP contribution is -2.25. The van der Waals surface area contributed by atoms with Gasteiger partial charge in [0.25, 0.3) is 0 Å². The molecule has 0 spiro atoms. The Kier molecular flexibility index (Phi) is 3.85. The summed E-state index contributed by atoms with van der Waals surface area (Å²) in [5.41, 5.74) is 1.02. The number of aryl methyl sites for hydroxylation is 1. The first-order chi connectivity index (χ1) is 8.82. The van der Waals surface area contributed by atoms with Gasteiger partial charge in [-0.3, -0.25) is 0 Å². The maximum absolute atomic E-state index is 11.2. The summed E-state index contributed by atoms with van der Waals surface area (Å²) >= 11 is 1.32. The summed E-state index contributed by atoms with van der Waals surface area (Å²) in [6, 6.07) is 0. The third-order valence-electron chi connectivity index (χ3n) is 3.90. The largest absolute Gasteiger partial charge is 0.477 e. The number of hydrogen-bond donors (Lipinski definition) is 1. The van der Waals surface area contributed by atoms with Crippen molar-refractivity contribution < 1.29 is 9.90 Å². The number of thiazole rings is 1. The van der Waals surface area contributed by atoms with Crippen LogP contribution in [0.1, 0.15) is 49.5 Å². The molecule has 5 heteroatoms. The average Bonchev–Trinajstić information content (AvgIpc) is 2.94. The molecule has 106 valence electrons. The lowest BCUT2D eigenvalue weighted by molar-refractivity contribution is 0.0701. The molecule has 1 aromatic heterocycles. The van der Waals surface area contributed by atoms with E-state index in [0.717, 1.165) is 24.6 Å². The Morgan fingerprint density at radius 1 is 1.53 bits per heavy atom. The Morgan fingerprint density at radius 2 is 2.21 bits per heavy atom. The molecule has 1 N–H and O–H groups in total. The van der Waals surface area contributed by atoms with Crippen molar-refractivity contribution in [2.75, 3.05) is 18.0 Å². The average molecular weight is 282 g/mol. The molecule has 0 amide bonds. The zero-order valence-corrected chi connectivity index (χ0v) is 12.9. The molecule has 1 aliphatic rings.